The maximum Gasteiger partial charge on any atom is 0.391 e. The zero-order chi connectivity index (χ0) is 9.57. The van der Waals surface area contributed by atoms with E-state index >= 15 is 0 Å². The van der Waals surface area contributed by atoms with E-state index in [0.29, 0.717) is 12.8 Å². The van der Waals surface area contributed by atoms with E-state index in [4.69, 9.17) is 0 Å². The van der Waals surface area contributed by atoms with Gasteiger partial charge in [0.25, 0.3) is 0 Å². The van der Waals surface area contributed by atoms with Gasteiger partial charge in [-0.1, -0.05) is 20.3 Å². The fourth-order valence-electron chi connectivity index (χ4n) is 2.09. The number of hydrogen-bond donors (Lipinski definition) is 0. The van der Waals surface area contributed by atoms with Crippen molar-refractivity contribution in [3.8, 4) is 0 Å². The lowest BCUT2D eigenvalue weighted by Crippen LogP contribution is -2.32. The van der Waals surface area contributed by atoms with Crippen molar-refractivity contribution < 1.29 is 13.2 Å². The molecule has 0 spiro atoms. The topological polar surface area (TPSA) is 0 Å². The van der Waals surface area contributed by atoms with Crippen LogP contribution in [0, 0.1) is 11.8 Å². The van der Waals surface area contributed by atoms with Gasteiger partial charge in [-0.2, -0.15) is 13.2 Å². The number of alkyl halides is 3. The Bertz CT molecular complexity index is 174. The minimum atomic E-state index is -4.01. The van der Waals surface area contributed by atoms with Crippen LogP contribution in [0.4, 0.5) is 13.2 Å². The average molecular weight is 178 g/mol. The fourth-order valence-corrected chi connectivity index (χ4v) is 2.09. The summed E-state index contributed by atoms with van der Waals surface area (Å²) in [6.07, 6.45) is -3.00. The Morgan fingerprint density at radius 3 is 2.00 bits per heavy atom. The smallest absolute Gasteiger partial charge is 0.171 e. The van der Waals surface area contributed by atoms with E-state index in [1.165, 1.54) is 0 Å². The molecule has 0 aromatic heterocycles. The quantitative estimate of drug-likeness (QED) is 0.499. The van der Waals surface area contributed by atoms with Gasteiger partial charge in [0.1, 0.15) is 7.85 Å². The van der Waals surface area contributed by atoms with Gasteiger partial charge >= 0.3 is 6.18 Å². The molecule has 1 saturated carbocycles. The molecule has 1 aliphatic rings. The van der Waals surface area contributed by atoms with Gasteiger partial charge in [0.15, 0.2) is 0 Å². The van der Waals surface area contributed by atoms with E-state index in [0.717, 1.165) is 0 Å². The molecule has 1 aliphatic carbocycles. The number of hydrogen-bond acceptors (Lipinski definition) is 0. The Hall–Kier alpha value is -0.145. The molecule has 70 valence electrons. The van der Waals surface area contributed by atoms with Crippen LogP contribution in [-0.4, -0.2) is 14.0 Å². The van der Waals surface area contributed by atoms with E-state index < -0.39 is 17.4 Å². The first-order valence-electron chi connectivity index (χ1n) is 4.33. The number of rotatable bonds is 0. The second kappa shape index (κ2) is 2.67. The van der Waals surface area contributed by atoms with Crippen molar-refractivity contribution in [1.29, 1.82) is 0 Å². The van der Waals surface area contributed by atoms with Gasteiger partial charge in [-0.25, -0.2) is 0 Å². The molecule has 0 N–H and O–H groups in total. The van der Waals surface area contributed by atoms with E-state index in [2.05, 4.69) is 0 Å². The van der Waals surface area contributed by atoms with Gasteiger partial charge in [-0.15, -0.1) is 0 Å². The summed E-state index contributed by atoms with van der Waals surface area (Å²) < 4.78 is 37.3. The molecule has 0 aliphatic heterocycles. The fraction of sp³-hybridized carbons (Fsp3) is 1.00. The van der Waals surface area contributed by atoms with Crippen LogP contribution in [0.1, 0.15) is 26.7 Å². The van der Waals surface area contributed by atoms with Crippen LogP contribution in [0.2, 0.25) is 5.31 Å². The Kier molecular flexibility index (Phi) is 2.21. The summed E-state index contributed by atoms with van der Waals surface area (Å²) in [4.78, 5) is 0. The normalized spacial score (nSPS) is 43.4. The molecule has 12 heavy (non-hydrogen) atoms. The molecule has 0 amide bonds. The summed E-state index contributed by atoms with van der Waals surface area (Å²) in [6.45, 7) is 3.63. The predicted molar refractivity (Wildman–Crippen MR) is 44.9 cm³/mol. The lowest BCUT2D eigenvalue weighted by Gasteiger charge is -2.32. The predicted octanol–water partition coefficient (Wildman–Crippen LogP) is 2.41. The van der Waals surface area contributed by atoms with E-state index in [1.807, 2.05) is 6.92 Å². The molecule has 1 fully saturated rings. The Balaban J connectivity index is 2.82. The molecule has 3 unspecified atom stereocenters. The summed E-state index contributed by atoms with van der Waals surface area (Å²) in [5.41, 5.74) is 0. The third-order valence-electron chi connectivity index (χ3n) is 3.45. The van der Waals surface area contributed by atoms with Crippen LogP contribution in [0.25, 0.3) is 0 Å². The highest BCUT2D eigenvalue weighted by atomic mass is 19.4. The van der Waals surface area contributed by atoms with Crippen molar-refractivity contribution in [3.05, 3.63) is 0 Å². The first-order chi connectivity index (χ1) is 5.26. The van der Waals surface area contributed by atoms with Crippen molar-refractivity contribution in [1.82, 2.24) is 0 Å². The summed E-state index contributed by atoms with van der Waals surface area (Å²) in [7, 11) is 1.73. The summed E-state index contributed by atoms with van der Waals surface area (Å²) in [6, 6.07) is 0. The second-order valence-corrected chi connectivity index (χ2v) is 4.39. The highest BCUT2D eigenvalue weighted by Crippen LogP contribution is 2.56. The molecule has 0 nitrogen and oxygen atoms in total. The Morgan fingerprint density at radius 2 is 1.83 bits per heavy atom. The van der Waals surface area contributed by atoms with Gasteiger partial charge in [-0.3, -0.25) is 0 Å². The van der Waals surface area contributed by atoms with E-state index in [1.54, 1.807) is 14.8 Å². The summed E-state index contributed by atoms with van der Waals surface area (Å²) in [5, 5.41) is -0.571. The van der Waals surface area contributed by atoms with Crippen molar-refractivity contribution in [2.75, 3.05) is 0 Å². The standard InChI is InChI=1S/C8H14BF3/c1-5-3-4-6(7(5,2)9)8(10,11)12/h5-6H,3-4,9H2,1-2H3. The first kappa shape index (κ1) is 9.94. The zero-order valence-electron chi connectivity index (χ0n) is 7.70. The third-order valence-corrected chi connectivity index (χ3v) is 3.45. The molecule has 0 aromatic rings. The van der Waals surface area contributed by atoms with Crippen LogP contribution in [0.15, 0.2) is 0 Å². The molecule has 1 rings (SSSR count). The highest BCUT2D eigenvalue weighted by Gasteiger charge is 2.53. The largest absolute Gasteiger partial charge is 0.391 e. The molecule has 3 atom stereocenters. The van der Waals surface area contributed by atoms with E-state index in [9.17, 15) is 13.2 Å². The number of halogens is 3. The van der Waals surface area contributed by atoms with Gasteiger partial charge in [0.05, 0.1) is 5.92 Å². The lowest BCUT2D eigenvalue weighted by molar-refractivity contribution is -0.180. The van der Waals surface area contributed by atoms with Crippen LogP contribution in [0.3, 0.4) is 0 Å². The molecule has 0 aromatic carbocycles. The van der Waals surface area contributed by atoms with Gasteiger partial charge in [-0.05, 0) is 17.7 Å². The second-order valence-electron chi connectivity index (χ2n) is 4.39. The van der Waals surface area contributed by atoms with Crippen molar-refractivity contribution in [2.45, 2.75) is 38.2 Å². The van der Waals surface area contributed by atoms with Gasteiger partial charge in [0.2, 0.25) is 0 Å². The molecule has 4 heteroatoms. The molecule has 0 heterocycles. The van der Waals surface area contributed by atoms with Crippen molar-refractivity contribution in [2.24, 2.45) is 11.8 Å². The monoisotopic (exact) mass is 178 g/mol. The molecule has 0 radical (unpaired) electrons. The molecular formula is C8H14BF3. The van der Waals surface area contributed by atoms with Crippen molar-refractivity contribution >= 4 is 7.85 Å². The van der Waals surface area contributed by atoms with Crippen molar-refractivity contribution in [3.63, 3.8) is 0 Å². The average Bonchev–Trinajstić information content (AvgIpc) is 2.06. The minimum Gasteiger partial charge on any atom is -0.171 e. The zero-order valence-corrected chi connectivity index (χ0v) is 7.70. The molecule has 0 bridgehead atoms. The van der Waals surface area contributed by atoms with Gasteiger partial charge < -0.3 is 0 Å². The van der Waals surface area contributed by atoms with Crippen LogP contribution >= 0.6 is 0 Å². The summed E-state index contributed by atoms with van der Waals surface area (Å²) in [5.74, 6) is -0.913. The SMILES string of the molecule is BC1(C)C(C)CCC1C(F)(F)F. The first-order valence-corrected chi connectivity index (χ1v) is 4.33. The van der Waals surface area contributed by atoms with Crippen LogP contribution in [-0.2, 0) is 0 Å². The van der Waals surface area contributed by atoms with Crippen LogP contribution < -0.4 is 0 Å². The Labute approximate surface area is 71.9 Å². The molecular weight excluding hydrogens is 164 g/mol. The molecule has 0 saturated heterocycles. The maximum absolute atomic E-state index is 12.4. The van der Waals surface area contributed by atoms with Gasteiger partial charge in [0, 0.05) is 0 Å². The highest BCUT2D eigenvalue weighted by molar-refractivity contribution is 6.15. The van der Waals surface area contributed by atoms with Crippen LogP contribution in [0.5, 0.6) is 0 Å². The lowest BCUT2D eigenvalue weighted by atomic mass is 9.59. The minimum absolute atomic E-state index is 0.184. The summed E-state index contributed by atoms with van der Waals surface area (Å²) >= 11 is 0. The Morgan fingerprint density at radius 1 is 1.33 bits per heavy atom. The van der Waals surface area contributed by atoms with E-state index in [-0.39, 0.29) is 5.92 Å². The maximum atomic E-state index is 12.4. The third kappa shape index (κ3) is 1.48.